The van der Waals surface area contributed by atoms with E-state index in [1.165, 1.54) is 5.57 Å². The number of hydrogen-bond donors (Lipinski definition) is 2. The van der Waals surface area contributed by atoms with Gasteiger partial charge in [0.1, 0.15) is 11.9 Å². The summed E-state index contributed by atoms with van der Waals surface area (Å²) in [6, 6.07) is 5.95. The van der Waals surface area contributed by atoms with Crippen LogP contribution in [-0.4, -0.2) is 39.2 Å². The molecule has 0 aliphatic carbocycles. The number of aryl methyl sites for hydroxylation is 1. The molecule has 5 atom stereocenters. The lowest BCUT2D eigenvalue weighted by Crippen LogP contribution is -2.46. The molecular weight excluding hydrogens is 474 g/mol. The van der Waals surface area contributed by atoms with Crippen LogP contribution in [-0.2, 0) is 14.3 Å². The van der Waals surface area contributed by atoms with Gasteiger partial charge < -0.3 is 14.9 Å². The molecule has 0 bridgehead atoms. The number of allylic oxidation sites excluding steroid dienone is 1. The van der Waals surface area contributed by atoms with Crippen molar-refractivity contribution in [2.24, 2.45) is 17.3 Å². The van der Waals surface area contributed by atoms with Crippen molar-refractivity contribution in [3.8, 4) is 0 Å². The Labute approximate surface area is 218 Å². The van der Waals surface area contributed by atoms with Gasteiger partial charge in [-0.3, -0.25) is 9.59 Å². The highest BCUT2D eigenvalue weighted by atomic mass is 32.1. The number of ketones is 1. The summed E-state index contributed by atoms with van der Waals surface area (Å²) in [5.41, 5.74) is 1.74. The fourth-order valence-corrected chi connectivity index (χ4v) is 5.84. The molecular formula is C29H41NO5S. The van der Waals surface area contributed by atoms with Crippen LogP contribution >= 0.6 is 11.3 Å². The molecule has 1 aliphatic rings. The van der Waals surface area contributed by atoms with Gasteiger partial charge in [0.05, 0.1) is 39.3 Å². The van der Waals surface area contributed by atoms with Crippen LogP contribution in [0.15, 0.2) is 29.8 Å². The molecule has 1 aromatic carbocycles. The fourth-order valence-electron chi connectivity index (χ4n) is 5.04. The highest BCUT2D eigenvalue weighted by Crippen LogP contribution is 2.35. The summed E-state index contributed by atoms with van der Waals surface area (Å²) in [5.74, 6) is -1.40. The minimum atomic E-state index is -1.22. The summed E-state index contributed by atoms with van der Waals surface area (Å²) < 4.78 is 6.99. The van der Waals surface area contributed by atoms with Gasteiger partial charge in [0.15, 0.2) is 0 Å². The zero-order chi connectivity index (χ0) is 26.6. The van der Waals surface area contributed by atoms with E-state index >= 15 is 0 Å². The lowest BCUT2D eigenvalue weighted by molar-refractivity contribution is -0.156. The van der Waals surface area contributed by atoms with Crippen LogP contribution in [0.5, 0.6) is 0 Å². The maximum absolute atomic E-state index is 13.4. The standard InChI is InChI=1S/C29H41NO5S/c1-7-21-27(33)18(3)10-8-9-17(2)11-13-23(20-12-14-24-22(15-20)30-19(4)36-24)35-26(32)16-25(31)29(5,6)28(21)34/h11-12,14-15,18,21,23,25,27,31,33H,7-10,13,16H2,1-6H3/b17-11-/t18-,21+,23-,25-,27-/m0/s1. The zero-order valence-corrected chi connectivity index (χ0v) is 23.2. The number of carbonyl (C=O) groups is 2. The van der Waals surface area contributed by atoms with Gasteiger partial charge in [0, 0.05) is 12.3 Å². The van der Waals surface area contributed by atoms with E-state index in [1.807, 2.05) is 39.0 Å². The van der Waals surface area contributed by atoms with Crippen LogP contribution in [0.4, 0.5) is 0 Å². The van der Waals surface area contributed by atoms with Gasteiger partial charge in [0.2, 0.25) is 0 Å². The molecule has 2 N–H and O–H groups in total. The largest absolute Gasteiger partial charge is 0.457 e. The third kappa shape index (κ3) is 6.61. The number of aliphatic hydroxyl groups excluding tert-OH is 2. The van der Waals surface area contributed by atoms with Gasteiger partial charge in [-0.15, -0.1) is 11.3 Å². The Kier molecular flexibility index (Phi) is 9.47. The first kappa shape index (κ1) is 28.5. The van der Waals surface area contributed by atoms with E-state index in [1.54, 1.807) is 25.2 Å². The van der Waals surface area contributed by atoms with Gasteiger partial charge >= 0.3 is 5.97 Å². The first-order valence-electron chi connectivity index (χ1n) is 13.1. The number of fused-ring (bicyclic) bond motifs is 1. The van der Waals surface area contributed by atoms with Crippen LogP contribution in [0, 0.1) is 24.2 Å². The molecule has 1 aromatic heterocycles. The van der Waals surface area contributed by atoms with Crippen molar-refractivity contribution < 1.29 is 24.5 Å². The molecule has 6 nitrogen and oxygen atoms in total. The van der Waals surface area contributed by atoms with E-state index in [0.29, 0.717) is 12.8 Å². The molecule has 2 heterocycles. The number of nitrogens with zero attached hydrogens (tertiary/aromatic N) is 1. The van der Waals surface area contributed by atoms with Gasteiger partial charge in [0.25, 0.3) is 0 Å². The first-order chi connectivity index (χ1) is 16.9. The van der Waals surface area contributed by atoms with Crippen molar-refractivity contribution >= 4 is 33.3 Å². The number of benzene rings is 1. The number of aromatic nitrogens is 1. The topological polar surface area (TPSA) is 96.7 Å². The van der Waals surface area contributed by atoms with Gasteiger partial charge in [-0.25, -0.2) is 4.98 Å². The number of hydrogen-bond acceptors (Lipinski definition) is 7. The molecule has 0 amide bonds. The molecule has 3 rings (SSSR count). The lowest BCUT2D eigenvalue weighted by atomic mass is 9.71. The third-order valence-corrected chi connectivity index (χ3v) is 8.63. The number of cyclic esters (lactones) is 1. The van der Waals surface area contributed by atoms with Crippen LogP contribution in [0.3, 0.4) is 0 Å². The first-order valence-corrected chi connectivity index (χ1v) is 13.9. The zero-order valence-electron chi connectivity index (χ0n) is 22.4. The number of thiazole rings is 1. The second-order valence-electron chi connectivity index (χ2n) is 10.9. The van der Waals surface area contributed by atoms with Gasteiger partial charge in [-0.1, -0.05) is 45.4 Å². The molecule has 198 valence electrons. The van der Waals surface area contributed by atoms with Crippen molar-refractivity contribution in [1.29, 1.82) is 0 Å². The Balaban J connectivity index is 1.92. The smallest absolute Gasteiger partial charge is 0.309 e. The molecule has 0 saturated heterocycles. The number of rotatable bonds is 2. The van der Waals surface area contributed by atoms with E-state index in [9.17, 15) is 19.8 Å². The minimum absolute atomic E-state index is 0.0430. The molecule has 0 saturated carbocycles. The molecule has 1 aliphatic heterocycles. The van der Waals surface area contributed by atoms with Crippen LogP contribution in [0.2, 0.25) is 0 Å². The fraction of sp³-hybridized carbons (Fsp3) is 0.621. The van der Waals surface area contributed by atoms with E-state index in [2.05, 4.69) is 18.0 Å². The Morgan fingerprint density at radius 1 is 1.19 bits per heavy atom. The lowest BCUT2D eigenvalue weighted by Gasteiger charge is -2.35. The number of esters is 1. The highest BCUT2D eigenvalue weighted by Gasteiger charge is 2.43. The summed E-state index contributed by atoms with van der Waals surface area (Å²) in [6.45, 7) is 11.2. The van der Waals surface area contributed by atoms with Crippen LogP contribution in [0.25, 0.3) is 10.2 Å². The maximum atomic E-state index is 13.4. The quantitative estimate of drug-likeness (QED) is 0.372. The number of Topliss-reactive ketones (excluding diaryl/α,β-unsaturated/α-hetero) is 1. The van der Waals surface area contributed by atoms with Gasteiger partial charge in [-0.2, -0.15) is 0 Å². The molecule has 7 heteroatoms. The van der Waals surface area contributed by atoms with E-state index in [-0.39, 0.29) is 18.1 Å². The molecule has 2 aromatic rings. The normalized spacial score (nSPS) is 30.6. The Bertz CT molecular complexity index is 1100. The Hall–Kier alpha value is -2.09. The number of aliphatic hydroxyl groups is 2. The summed E-state index contributed by atoms with van der Waals surface area (Å²) in [7, 11) is 0. The summed E-state index contributed by atoms with van der Waals surface area (Å²) in [6.07, 6.45) is 2.86. The second-order valence-corrected chi connectivity index (χ2v) is 12.1. The van der Waals surface area contributed by atoms with Crippen molar-refractivity contribution in [2.45, 2.75) is 98.4 Å². The Morgan fingerprint density at radius 2 is 1.92 bits per heavy atom. The van der Waals surface area contributed by atoms with E-state index < -0.39 is 35.6 Å². The molecule has 36 heavy (non-hydrogen) atoms. The Morgan fingerprint density at radius 3 is 2.61 bits per heavy atom. The summed E-state index contributed by atoms with van der Waals surface area (Å²) in [5, 5.41) is 22.9. The maximum Gasteiger partial charge on any atom is 0.309 e. The average molecular weight is 516 g/mol. The van der Waals surface area contributed by atoms with Crippen LogP contribution in [0.1, 0.15) is 89.8 Å². The summed E-state index contributed by atoms with van der Waals surface area (Å²) >= 11 is 1.62. The van der Waals surface area contributed by atoms with Crippen LogP contribution < -0.4 is 0 Å². The number of ether oxygens (including phenoxy) is 1. The van der Waals surface area contributed by atoms with Crippen molar-refractivity contribution in [3.63, 3.8) is 0 Å². The van der Waals surface area contributed by atoms with Gasteiger partial charge in [-0.05, 0) is 63.1 Å². The summed E-state index contributed by atoms with van der Waals surface area (Å²) in [4.78, 5) is 31.0. The predicted molar refractivity (Wildman–Crippen MR) is 144 cm³/mol. The monoisotopic (exact) mass is 515 g/mol. The van der Waals surface area contributed by atoms with Crippen molar-refractivity contribution in [3.05, 3.63) is 40.4 Å². The molecule has 0 radical (unpaired) electrons. The number of carbonyl (C=O) groups excluding carboxylic acids is 2. The second kappa shape index (κ2) is 12.0. The van der Waals surface area contributed by atoms with Crippen molar-refractivity contribution in [1.82, 2.24) is 4.98 Å². The predicted octanol–water partition coefficient (Wildman–Crippen LogP) is 6.08. The van der Waals surface area contributed by atoms with Crippen molar-refractivity contribution in [2.75, 3.05) is 0 Å². The molecule has 0 fully saturated rings. The molecule has 0 unspecified atom stereocenters. The SMILES string of the molecule is CC[C@H]1C(=O)C(C)(C)[C@@H](O)CC(=O)O[C@H](c2ccc3sc(C)nc3c2)C/C=C(/C)CCC[C@H](C)[C@@H]1O. The highest BCUT2D eigenvalue weighted by molar-refractivity contribution is 7.18. The van der Waals surface area contributed by atoms with E-state index in [4.69, 9.17) is 4.74 Å². The molecule has 0 spiro atoms. The van der Waals surface area contributed by atoms with E-state index in [0.717, 1.165) is 40.1 Å². The minimum Gasteiger partial charge on any atom is -0.457 e. The average Bonchev–Trinajstić information content (AvgIpc) is 3.20. The third-order valence-electron chi connectivity index (χ3n) is 7.68.